The van der Waals surface area contributed by atoms with Gasteiger partial charge in [0.05, 0.1) is 17.9 Å². The molecule has 2 aromatic carbocycles. The number of rotatable bonds is 5. The summed E-state index contributed by atoms with van der Waals surface area (Å²) in [5.74, 6) is -4.22. The molecule has 6 nitrogen and oxygen atoms in total. The van der Waals surface area contributed by atoms with Crippen LogP contribution in [-0.4, -0.2) is 19.3 Å². The summed E-state index contributed by atoms with van der Waals surface area (Å²) in [4.78, 5) is 0. The van der Waals surface area contributed by atoms with Gasteiger partial charge in [0.25, 0.3) is 10.0 Å². The molecule has 0 aromatic heterocycles. The van der Waals surface area contributed by atoms with E-state index in [2.05, 4.69) is 0 Å². The number of sulfonamides is 1. The molecule has 2 N–H and O–H groups in total. The number of nitrogens with one attached hydrogen (secondary N) is 1. The molecule has 0 fully saturated rings. The Morgan fingerprint density at radius 2 is 2.04 bits per heavy atom. The van der Waals surface area contributed by atoms with Crippen LogP contribution in [0.15, 0.2) is 30.3 Å². The zero-order chi connectivity index (χ0) is 19.1. The van der Waals surface area contributed by atoms with E-state index in [1.165, 1.54) is 18.2 Å². The molecule has 0 radical (unpaired) electrons. The molecule has 1 atom stereocenters. The van der Waals surface area contributed by atoms with E-state index >= 15 is 0 Å². The van der Waals surface area contributed by atoms with Gasteiger partial charge in [0.15, 0.2) is 6.29 Å². The summed E-state index contributed by atoms with van der Waals surface area (Å²) in [5, 5.41) is 10.0. The van der Waals surface area contributed by atoms with Crippen LogP contribution < -0.4 is 9.46 Å². The standard InChI is InChI=1S/C15H11ClF3NO5S/c16-7-3-8(17)5-9(4-7)25-12-2-1-11(20-26(22,23)15(18)19)10-6-24-14(21)13(10)12/h1-5,14-15,20-21H,6H2. The quantitative estimate of drug-likeness (QED) is 0.785. The van der Waals surface area contributed by atoms with E-state index in [1.54, 1.807) is 4.72 Å². The van der Waals surface area contributed by atoms with Crippen LogP contribution in [0.3, 0.4) is 0 Å². The molecule has 1 heterocycles. The molecule has 3 rings (SSSR count). The van der Waals surface area contributed by atoms with Crippen molar-refractivity contribution in [1.82, 2.24) is 0 Å². The first kappa shape index (κ1) is 18.8. The highest BCUT2D eigenvalue weighted by Gasteiger charge is 2.31. The van der Waals surface area contributed by atoms with Gasteiger partial charge in [0.2, 0.25) is 0 Å². The van der Waals surface area contributed by atoms with Crippen molar-refractivity contribution in [3.05, 3.63) is 52.3 Å². The second kappa shape index (κ2) is 6.95. The Balaban J connectivity index is 2.00. The van der Waals surface area contributed by atoms with Crippen LogP contribution in [0, 0.1) is 5.82 Å². The Kier molecular flexibility index (Phi) is 5.02. The maximum absolute atomic E-state index is 13.4. The number of anilines is 1. The van der Waals surface area contributed by atoms with Crippen molar-refractivity contribution >= 4 is 27.3 Å². The third-order valence-corrected chi connectivity index (χ3v) is 4.69. The number of fused-ring (bicyclic) bond motifs is 1. The van der Waals surface area contributed by atoms with Crippen LogP contribution in [0.25, 0.3) is 0 Å². The van der Waals surface area contributed by atoms with Gasteiger partial charge in [0, 0.05) is 16.7 Å². The first-order chi connectivity index (χ1) is 12.2. The van der Waals surface area contributed by atoms with Crippen LogP contribution in [-0.2, 0) is 21.4 Å². The summed E-state index contributed by atoms with van der Waals surface area (Å²) in [6, 6.07) is 5.86. The van der Waals surface area contributed by atoms with Gasteiger partial charge >= 0.3 is 5.76 Å². The maximum Gasteiger partial charge on any atom is 0.355 e. The predicted molar refractivity (Wildman–Crippen MR) is 86.2 cm³/mol. The fraction of sp³-hybridized carbons (Fsp3) is 0.200. The molecule has 11 heteroatoms. The molecule has 1 aliphatic rings. The van der Waals surface area contributed by atoms with Gasteiger partial charge in [-0.15, -0.1) is 0 Å². The zero-order valence-corrected chi connectivity index (χ0v) is 14.3. The van der Waals surface area contributed by atoms with E-state index in [9.17, 15) is 26.7 Å². The van der Waals surface area contributed by atoms with Gasteiger partial charge < -0.3 is 14.6 Å². The average molecular weight is 410 g/mol. The highest BCUT2D eigenvalue weighted by atomic mass is 35.5. The molecule has 0 amide bonds. The number of benzene rings is 2. The van der Waals surface area contributed by atoms with E-state index < -0.39 is 27.9 Å². The first-order valence-corrected chi connectivity index (χ1v) is 8.99. The van der Waals surface area contributed by atoms with Crippen molar-refractivity contribution in [2.75, 3.05) is 4.72 Å². The smallest absolute Gasteiger partial charge is 0.355 e. The van der Waals surface area contributed by atoms with Crippen LogP contribution in [0.1, 0.15) is 17.4 Å². The van der Waals surface area contributed by atoms with Gasteiger partial charge in [0.1, 0.15) is 17.3 Å². The SMILES string of the molecule is O=S(=O)(Nc1ccc(Oc2cc(F)cc(Cl)c2)c2c1COC2O)C(F)F. The molecule has 0 saturated heterocycles. The van der Waals surface area contributed by atoms with Crippen molar-refractivity contribution < 1.29 is 36.2 Å². The van der Waals surface area contributed by atoms with Crippen molar-refractivity contribution in [2.45, 2.75) is 18.7 Å². The Hall–Kier alpha value is -2.01. The monoisotopic (exact) mass is 409 g/mol. The Labute approximate surface area is 151 Å². The molecule has 0 aliphatic carbocycles. The summed E-state index contributed by atoms with van der Waals surface area (Å²) in [6.45, 7) is -0.237. The van der Waals surface area contributed by atoms with Gasteiger partial charge in [-0.1, -0.05) is 11.6 Å². The Morgan fingerprint density at radius 3 is 2.69 bits per heavy atom. The van der Waals surface area contributed by atoms with Gasteiger partial charge in [-0.05, 0) is 24.3 Å². The normalized spacial score (nSPS) is 16.6. The minimum Gasteiger partial charge on any atom is -0.457 e. The molecule has 0 saturated carbocycles. The van der Waals surface area contributed by atoms with E-state index in [1.807, 2.05) is 0 Å². The van der Waals surface area contributed by atoms with E-state index in [0.717, 1.165) is 12.1 Å². The van der Waals surface area contributed by atoms with E-state index in [-0.39, 0.29) is 39.9 Å². The number of hydrogen-bond donors (Lipinski definition) is 2. The van der Waals surface area contributed by atoms with E-state index in [4.69, 9.17) is 21.1 Å². The number of alkyl halides is 2. The van der Waals surface area contributed by atoms with Gasteiger partial charge in [-0.3, -0.25) is 4.72 Å². The highest BCUT2D eigenvalue weighted by Crippen LogP contribution is 2.42. The maximum atomic E-state index is 13.4. The second-order valence-corrected chi connectivity index (χ2v) is 7.37. The fourth-order valence-electron chi connectivity index (χ4n) is 2.41. The number of ether oxygens (including phenoxy) is 2. The van der Waals surface area contributed by atoms with E-state index in [0.29, 0.717) is 0 Å². The van der Waals surface area contributed by atoms with Crippen molar-refractivity contribution in [3.8, 4) is 11.5 Å². The summed E-state index contributed by atoms with van der Waals surface area (Å²) >= 11 is 5.75. The molecule has 1 aliphatic heterocycles. The van der Waals surface area contributed by atoms with Crippen LogP contribution >= 0.6 is 11.6 Å². The third kappa shape index (κ3) is 3.73. The third-order valence-electron chi connectivity index (χ3n) is 3.50. The molecule has 2 aromatic rings. The predicted octanol–water partition coefficient (Wildman–Crippen LogP) is 3.76. The first-order valence-electron chi connectivity index (χ1n) is 7.06. The molecule has 0 bridgehead atoms. The average Bonchev–Trinajstić information content (AvgIpc) is 2.91. The molecule has 1 unspecified atom stereocenters. The molecular weight excluding hydrogens is 399 g/mol. The lowest BCUT2D eigenvalue weighted by atomic mass is 10.1. The zero-order valence-electron chi connectivity index (χ0n) is 12.7. The van der Waals surface area contributed by atoms with Crippen LogP contribution in [0.4, 0.5) is 18.9 Å². The summed E-state index contributed by atoms with van der Waals surface area (Å²) in [7, 11) is -4.90. The largest absolute Gasteiger partial charge is 0.457 e. The van der Waals surface area contributed by atoms with Crippen LogP contribution in [0.5, 0.6) is 11.5 Å². The number of aliphatic hydroxyl groups excluding tert-OH is 1. The number of hydrogen-bond acceptors (Lipinski definition) is 5. The Bertz CT molecular complexity index is 934. The summed E-state index contributed by atoms with van der Waals surface area (Å²) in [6.07, 6.45) is -1.47. The second-order valence-electron chi connectivity index (χ2n) is 5.28. The fourth-order valence-corrected chi connectivity index (χ4v) is 3.21. The Morgan fingerprint density at radius 1 is 1.31 bits per heavy atom. The van der Waals surface area contributed by atoms with Crippen molar-refractivity contribution in [1.29, 1.82) is 0 Å². The lowest BCUT2D eigenvalue weighted by Gasteiger charge is -2.15. The van der Waals surface area contributed by atoms with Crippen molar-refractivity contribution in [2.24, 2.45) is 0 Å². The summed E-state index contributed by atoms with van der Waals surface area (Å²) in [5.41, 5.74) is -0.0111. The summed E-state index contributed by atoms with van der Waals surface area (Å²) < 4.78 is 73.6. The lowest BCUT2D eigenvalue weighted by Crippen LogP contribution is -2.21. The molecule has 26 heavy (non-hydrogen) atoms. The minimum atomic E-state index is -4.90. The van der Waals surface area contributed by atoms with Crippen LogP contribution in [0.2, 0.25) is 5.02 Å². The molecular formula is C15H11ClF3NO5S. The number of aliphatic hydroxyl groups is 1. The van der Waals surface area contributed by atoms with Gasteiger partial charge in [-0.2, -0.15) is 8.78 Å². The van der Waals surface area contributed by atoms with Gasteiger partial charge in [-0.25, -0.2) is 12.8 Å². The number of halogens is 4. The van der Waals surface area contributed by atoms with Crippen molar-refractivity contribution in [3.63, 3.8) is 0 Å². The minimum absolute atomic E-state index is 0.0252. The topological polar surface area (TPSA) is 84.9 Å². The lowest BCUT2D eigenvalue weighted by molar-refractivity contribution is -0.0924. The molecule has 140 valence electrons. The molecule has 0 spiro atoms. The highest BCUT2D eigenvalue weighted by molar-refractivity contribution is 7.93.